The van der Waals surface area contributed by atoms with Crippen LogP contribution in [-0.4, -0.2) is 32.2 Å². The lowest BCUT2D eigenvalue weighted by atomic mass is 10.2. The van der Waals surface area contributed by atoms with E-state index < -0.39 is 0 Å². The smallest absolute Gasteiger partial charge is 0.273 e. The molecule has 1 amide bonds. The van der Waals surface area contributed by atoms with E-state index in [4.69, 9.17) is 8.94 Å². The van der Waals surface area contributed by atoms with Crippen LogP contribution in [0.15, 0.2) is 63.0 Å². The molecule has 0 saturated carbocycles. The molecular formula is C20H14FN5O3S. The third-order valence-electron chi connectivity index (χ3n) is 4.44. The maximum absolute atomic E-state index is 14.0. The Morgan fingerprint density at radius 3 is 2.93 bits per heavy atom. The molecule has 0 fully saturated rings. The summed E-state index contributed by atoms with van der Waals surface area (Å²) in [7, 11) is 0. The topological polar surface area (TPSA) is 98.5 Å². The van der Waals surface area contributed by atoms with Gasteiger partial charge in [0.25, 0.3) is 5.91 Å². The normalized spacial score (nSPS) is 11.2. The number of halogens is 1. The number of amides is 1. The fourth-order valence-electron chi connectivity index (χ4n) is 2.97. The van der Waals surface area contributed by atoms with Gasteiger partial charge in [-0.25, -0.2) is 8.91 Å². The molecule has 1 N–H and O–H groups in total. The first kappa shape index (κ1) is 18.3. The SMILES string of the molecule is O=C(NCCc1csc2nc(-c3ccccc3F)nn12)c1cc(-c2ccco2)on1. The molecule has 5 rings (SSSR count). The van der Waals surface area contributed by atoms with Crippen molar-refractivity contribution < 1.29 is 18.1 Å². The predicted octanol–water partition coefficient (Wildman–Crippen LogP) is 3.82. The third-order valence-corrected chi connectivity index (χ3v) is 5.30. The number of carbonyl (C=O) groups is 1. The third kappa shape index (κ3) is 3.37. The zero-order valence-corrected chi connectivity index (χ0v) is 16.2. The van der Waals surface area contributed by atoms with Gasteiger partial charge in [-0.2, -0.15) is 4.98 Å². The molecule has 4 heterocycles. The van der Waals surface area contributed by atoms with Crippen LogP contribution in [0.3, 0.4) is 0 Å². The average Bonchev–Trinajstić information content (AvgIpc) is 3.52. The van der Waals surface area contributed by atoms with Crippen LogP contribution < -0.4 is 5.32 Å². The summed E-state index contributed by atoms with van der Waals surface area (Å²) in [4.78, 5) is 17.4. The molecule has 150 valence electrons. The maximum atomic E-state index is 14.0. The molecule has 4 aromatic heterocycles. The zero-order chi connectivity index (χ0) is 20.5. The highest BCUT2D eigenvalue weighted by molar-refractivity contribution is 7.15. The lowest BCUT2D eigenvalue weighted by molar-refractivity contribution is 0.0945. The molecule has 5 aromatic rings. The van der Waals surface area contributed by atoms with Crippen molar-refractivity contribution in [3.05, 3.63) is 71.3 Å². The molecule has 1 aromatic carbocycles. The Labute approximate surface area is 173 Å². The second-order valence-electron chi connectivity index (χ2n) is 6.40. The van der Waals surface area contributed by atoms with Crippen LogP contribution in [0, 0.1) is 5.82 Å². The zero-order valence-electron chi connectivity index (χ0n) is 15.4. The van der Waals surface area contributed by atoms with Gasteiger partial charge in [0, 0.05) is 24.4 Å². The summed E-state index contributed by atoms with van der Waals surface area (Å²) in [5.41, 5.74) is 1.38. The number of thiazole rings is 1. The molecule has 0 spiro atoms. The summed E-state index contributed by atoms with van der Waals surface area (Å²) in [5, 5.41) is 12.9. The van der Waals surface area contributed by atoms with Crippen molar-refractivity contribution in [1.29, 1.82) is 0 Å². The molecule has 0 aliphatic heterocycles. The monoisotopic (exact) mass is 423 g/mol. The van der Waals surface area contributed by atoms with Gasteiger partial charge >= 0.3 is 0 Å². The minimum absolute atomic E-state index is 0.166. The largest absolute Gasteiger partial charge is 0.461 e. The molecule has 0 aliphatic rings. The van der Waals surface area contributed by atoms with Gasteiger partial charge in [0.2, 0.25) is 10.7 Å². The van der Waals surface area contributed by atoms with Crippen molar-refractivity contribution in [2.45, 2.75) is 6.42 Å². The lowest BCUT2D eigenvalue weighted by Gasteiger charge is -2.01. The van der Waals surface area contributed by atoms with E-state index in [0.717, 1.165) is 5.69 Å². The molecule has 30 heavy (non-hydrogen) atoms. The number of fused-ring (bicyclic) bond motifs is 1. The second-order valence-corrected chi connectivity index (χ2v) is 7.23. The van der Waals surface area contributed by atoms with Crippen molar-refractivity contribution in [2.24, 2.45) is 0 Å². The Hall–Kier alpha value is -3.79. The number of carbonyl (C=O) groups excluding carboxylic acids is 1. The number of benzene rings is 1. The minimum atomic E-state index is -0.369. The van der Waals surface area contributed by atoms with Crippen LogP contribution in [0.2, 0.25) is 0 Å². The van der Waals surface area contributed by atoms with Gasteiger partial charge in [-0.3, -0.25) is 4.79 Å². The van der Waals surface area contributed by atoms with Crippen molar-refractivity contribution >= 4 is 22.2 Å². The fourth-order valence-corrected chi connectivity index (χ4v) is 3.82. The Bertz CT molecular complexity index is 1320. The number of aromatic nitrogens is 4. The average molecular weight is 423 g/mol. The maximum Gasteiger partial charge on any atom is 0.273 e. The quantitative estimate of drug-likeness (QED) is 0.446. The van der Waals surface area contributed by atoms with Gasteiger partial charge in [-0.05, 0) is 24.3 Å². The molecule has 10 heteroatoms. The van der Waals surface area contributed by atoms with Crippen LogP contribution in [0.25, 0.3) is 27.9 Å². The lowest BCUT2D eigenvalue weighted by Crippen LogP contribution is -2.26. The van der Waals surface area contributed by atoms with Gasteiger partial charge in [-0.1, -0.05) is 17.3 Å². The predicted molar refractivity (Wildman–Crippen MR) is 107 cm³/mol. The summed E-state index contributed by atoms with van der Waals surface area (Å²) in [6.07, 6.45) is 2.04. The van der Waals surface area contributed by atoms with E-state index in [1.54, 1.807) is 34.8 Å². The summed E-state index contributed by atoms with van der Waals surface area (Å²) in [6.45, 7) is 0.364. The molecule has 0 aliphatic carbocycles. The van der Waals surface area contributed by atoms with Crippen molar-refractivity contribution in [3.63, 3.8) is 0 Å². The van der Waals surface area contributed by atoms with Crippen LogP contribution in [0.5, 0.6) is 0 Å². The highest BCUT2D eigenvalue weighted by atomic mass is 32.1. The van der Waals surface area contributed by atoms with E-state index in [0.29, 0.717) is 40.8 Å². The molecule has 0 saturated heterocycles. The molecular weight excluding hydrogens is 409 g/mol. The fraction of sp³-hybridized carbons (Fsp3) is 0.100. The first-order valence-electron chi connectivity index (χ1n) is 9.06. The van der Waals surface area contributed by atoms with E-state index in [2.05, 4.69) is 20.6 Å². The van der Waals surface area contributed by atoms with Crippen LogP contribution in [0.1, 0.15) is 16.2 Å². The number of nitrogens with one attached hydrogen (secondary N) is 1. The van der Waals surface area contributed by atoms with E-state index in [9.17, 15) is 9.18 Å². The van der Waals surface area contributed by atoms with Crippen molar-refractivity contribution in [3.8, 4) is 22.9 Å². The summed E-state index contributed by atoms with van der Waals surface area (Å²) < 4.78 is 26.0. The Kier molecular flexibility index (Phi) is 4.60. The second kappa shape index (κ2) is 7.56. The Balaban J connectivity index is 1.25. The summed E-state index contributed by atoms with van der Waals surface area (Å²) >= 11 is 1.41. The number of rotatable bonds is 6. The van der Waals surface area contributed by atoms with E-state index >= 15 is 0 Å². The Morgan fingerprint density at radius 1 is 1.20 bits per heavy atom. The summed E-state index contributed by atoms with van der Waals surface area (Å²) in [6, 6.07) is 11.3. The molecule has 8 nitrogen and oxygen atoms in total. The van der Waals surface area contributed by atoms with Crippen molar-refractivity contribution in [1.82, 2.24) is 25.1 Å². The van der Waals surface area contributed by atoms with Gasteiger partial charge in [0.1, 0.15) is 5.82 Å². The highest BCUT2D eigenvalue weighted by Gasteiger charge is 2.16. The van der Waals surface area contributed by atoms with Gasteiger partial charge in [0.15, 0.2) is 17.3 Å². The molecule has 0 atom stereocenters. The number of hydrogen-bond acceptors (Lipinski definition) is 7. The van der Waals surface area contributed by atoms with E-state index in [-0.39, 0.29) is 17.4 Å². The number of nitrogens with zero attached hydrogens (tertiary/aromatic N) is 4. The first-order chi connectivity index (χ1) is 14.7. The van der Waals surface area contributed by atoms with Crippen LogP contribution >= 0.6 is 11.3 Å². The van der Waals surface area contributed by atoms with Gasteiger partial charge in [0.05, 0.1) is 17.5 Å². The first-order valence-corrected chi connectivity index (χ1v) is 9.94. The minimum Gasteiger partial charge on any atom is -0.461 e. The van der Waals surface area contributed by atoms with E-state index in [1.807, 2.05) is 5.38 Å². The number of furan rings is 1. The Morgan fingerprint density at radius 2 is 2.10 bits per heavy atom. The van der Waals surface area contributed by atoms with Gasteiger partial charge in [-0.15, -0.1) is 16.4 Å². The van der Waals surface area contributed by atoms with Gasteiger partial charge < -0.3 is 14.3 Å². The van der Waals surface area contributed by atoms with Crippen molar-refractivity contribution in [2.75, 3.05) is 6.54 Å². The van der Waals surface area contributed by atoms with Crippen LogP contribution in [-0.2, 0) is 6.42 Å². The molecule has 0 unspecified atom stereocenters. The standard InChI is InChI=1S/C20H14FN5O3S/c21-14-5-2-1-4-13(14)18-23-20-26(24-18)12(11-30-20)7-8-22-19(27)15-10-17(29-25-15)16-6-3-9-28-16/h1-6,9-11H,7-8H2,(H,22,27). The highest BCUT2D eigenvalue weighted by Crippen LogP contribution is 2.23. The summed E-state index contributed by atoms with van der Waals surface area (Å²) in [5.74, 6) is 0.491. The molecule has 0 bridgehead atoms. The van der Waals surface area contributed by atoms with E-state index in [1.165, 1.54) is 29.7 Å². The number of hydrogen-bond donors (Lipinski definition) is 1. The van der Waals surface area contributed by atoms with Crippen LogP contribution in [0.4, 0.5) is 4.39 Å². The molecule has 0 radical (unpaired) electrons.